The first-order chi connectivity index (χ1) is 33.8. The van der Waals surface area contributed by atoms with Crippen LogP contribution in [-0.4, -0.2) is 0 Å². The molecule has 0 aliphatic carbocycles. The molecule has 2 aromatic heterocycles. The van der Waals surface area contributed by atoms with Gasteiger partial charge in [0.15, 0.2) is 11.2 Å². The van der Waals surface area contributed by atoms with E-state index >= 15 is 0 Å². The van der Waals surface area contributed by atoms with Gasteiger partial charge in [0.25, 0.3) is 0 Å². The van der Waals surface area contributed by atoms with Gasteiger partial charge in [-0.15, -0.1) is 0 Å². The fraction of sp³-hybridized carbons (Fsp3) is 0.212. The molecular weight excluding hydrogens is 853 g/mol. The maximum Gasteiger partial charge on any atom is 0.159 e. The molecule has 10 aromatic carbocycles. The Kier molecular flexibility index (Phi) is 9.99. The lowest BCUT2D eigenvalue weighted by molar-refractivity contribution is 0.500. The van der Waals surface area contributed by atoms with E-state index in [1.165, 1.54) is 65.7 Å². The first kappa shape index (κ1) is 43.7. The SMILES string of the molecule is CCC(C)(C)c1cccc2c1oc1c(N(c3ccc(C)cc3C)c3ccc4ccc5c(N(c6ccc(C)cc6C)c6cccc7c6oc6c(C(C)(C)CC)cccc67)ccc6ccc3c4c65)cccc12. The van der Waals surface area contributed by atoms with E-state index in [2.05, 4.69) is 237 Å². The van der Waals surface area contributed by atoms with E-state index in [1.807, 2.05) is 0 Å². The number of aryl methyl sites for hydroxylation is 4. The normalized spacial score (nSPS) is 12.5. The molecular formula is C66H60N2O2. The van der Waals surface area contributed by atoms with Crippen molar-refractivity contribution in [3.8, 4) is 0 Å². The van der Waals surface area contributed by atoms with Gasteiger partial charge in [-0.25, -0.2) is 0 Å². The Morgan fingerprint density at radius 2 is 0.714 bits per heavy atom. The van der Waals surface area contributed by atoms with Gasteiger partial charge >= 0.3 is 0 Å². The average Bonchev–Trinajstić information content (AvgIpc) is 3.95. The summed E-state index contributed by atoms with van der Waals surface area (Å²) in [6, 6.07) is 58.8. The van der Waals surface area contributed by atoms with Crippen LogP contribution in [0.5, 0.6) is 0 Å². The van der Waals surface area contributed by atoms with Crippen LogP contribution in [-0.2, 0) is 10.8 Å². The molecule has 0 aliphatic heterocycles. The third kappa shape index (κ3) is 6.56. The van der Waals surface area contributed by atoms with Crippen molar-refractivity contribution in [2.45, 2.75) is 92.9 Å². The number of nitrogens with zero attached hydrogens (tertiary/aromatic N) is 2. The first-order valence-electron chi connectivity index (χ1n) is 25.1. The number of benzene rings is 10. The summed E-state index contributed by atoms with van der Waals surface area (Å²) >= 11 is 0. The summed E-state index contributed by atoms with van der Waals surface area (Å²) in [6.45, 7) is 22.6. The lowest BCUT2D eigenvalue weighted by atomic mass is 9.81. The van der Waals surface area contributed by atoms with Gasteiger partial charge in [-0.1, -0.05) is 174 Å². The summed E-state index contributed by atoms with van der Waals surface area (Å²) in [6.07, 6.45) is 2.01. The molecule has 346 valence electrons. The van der Waals surface area contributed by atoms with Crippen LogP contribution in [0.4, 0.5) is 34.1 Å². The van der Waals surface area contributed by atoms with Gasteiger partial charge in [0.2, 0.25) is 0 Å². The van der Waals surface area contributed by atoms with Gasteiger partial charge in [0.1, 0.15) is 11.2 Å². The van der Waals surface area contributed by atoms with Crippen molar-refractivity contribution in [3.63, 3.8) is 0 Å². The van der Waals surface area contributed by atoms with Crippen molar-refractivity contribution in [1.29, 1.82) is 0 Å². The Balaban J connectivity index is 1.13. The van der Waals surface area contributed by atoms with E-state index in [1.54, 1.807) is 0 Å². The van der Waals surface area contributed by atoms with Crippen LogP contribution in [0.15, 0.2) is 167 Å². The molecule has 4 nitrogen and oxygen atoms in total. The topological polar surface area (TPSA) is 32.8 Å². The average molecular weight is 913 g/mol. The molecule has 4 heteroatoms. The van der Waals surface area contributed by atoms with Crippen molar-refractivity contribution in [2.75, 3.05) is 9.80 Å². The molecule has 0 saturated heterocycles. The van der Waals surface area contributed by atoms with E-state index in [0.717, 1.165) is 90.8 Å². The number of anilines is 6. The summed E-state index contributed by atoms with van der Waals surface area (Å²) < 4.78 is 14.4. The van der Waals surface area contributed by atoms with E-state index in [4.69, 9.17) is 8.83 Å². The number of hydrogen-bond acceptors (Lipinski definition) is 4. The molecule has 0 atom stereocenters. The molecule has 2 heterocycles. The highest BCUT2D eigenvalue weighted by Crippen LogP contribution is 2.52. The highest BCUT2D eigenvalue weighted by Gasteiger charge is 2.30. The number of fused-ring (bicyclic) bond motifs is 6. The van der Waals surface area contributed by atoms with Gasteiger partial charge in [0.05, 0.1) is 22.7 Å². The van der Waals surface area contributed by atoms with E-state index in [0.29, 0.717) is 0 Å². The van der Waals surface area contributed by atoms with Gasteiger partial charge < -0.3 is 18.6 Å². The summed E-state index contributed by atoms with van der Waals surface area (Å²) in [4.78, 5) is 4.91. The van der Waals surface area contributed by atoms with Crippen molar-refractivity contribution >= 4 is 110 Å². The monoisotopic (exact) mass is 912 g/mol. The molecule has 70 heavy (non-hydrogen) atoms. The minimum Gasteiger partial charge on any atom is -0.454 e. The Morgan fingerprint density at radius 3 is 1.10 bits per heavy atom. The molecule has 0 N–H and O–H groups in total. The van der Waals surface area contributed by atoms with Crippen LogP contribution in [0.25, 0.3) is 76.2 Å². The predicted molar refractivity (Wildman–Crippen MR) is 300 cm³/mol. The highest BCUT2D eigenvalue weighted by molar-refractivity contribution is 6.29. The largest absolute Gasteiger partial charge is 0.454 e. The molecule has 0 saturated carbocycles. The molecule has 0 amide bonds. The first-order valence-corrected chi connectivity index (χ1v) is 25.1. The van der Waals surface area contributed by atoms with Crippen LogP contribution in [0.3, 0.4) is 0 Å². The Hall–Kier alpha value is -7.56. The summed E-state index contributed by atoms with van der Waals surface area (Å²) in [7, 11) is 0. The fourth-order valence-corrected chi connectivity index (χ4v) is 11.5. The highest BCUT2D eigenvalue weighted by atomic mass is 16.3. The standard InChI is InChI=1S/C66H60N2O2/c1-11-65(7,8)51-21-13-17-45-47-19-15-23-57(63(47)69-61(45)51)67(53-33-25-39(3)37-41(53)5)55-35-29-43-28-32-50-56(36-30-44-27-31-49(55)59(43)60(44)50)68(54-34-26-40(4)38-42(54)6)58-24-16-20-48-46-18-14-22-52(66(9,10)12-2)62(46)70-64(48)58/h13-38H,11-12H2,1-10H3. The van der Waals surface area contributed by atoms with E-state index in [9.17, 15) is 0 Å². The van der Waals surface area contributed by atoms with Crippen molar-refractivity contribution in [1.82, 2.24) is 0 Å². The second kappa shape index (κ2) is 16.0. The molecule has 0 unspecified atom stereocenters. The summed E-state index contributed by atoms with van der Waals surface area (Å²) in [5.74, 6) is 0. The number of para-hydroxylation sites is 4. The van der Waals surface area contributed by atoms with Crippen molar-refractivity contribution < 1.29 is 8.83 Å². The second-order valence-corrected chi connectivity index (χ2v) is 21.2. The van der Waals surface area contributed by atoms with Gasteiger partial charge in [-0.3, -0.25) is 0 Å². The Morgan fingerprint density at radius 1 is 0.357 bits per heavy atom. The van der Waals surface area contributed by atoms with Gasteiger partial charge in [-0.05, 0) is 120 Å². The van der Waals surface area contributed by atoms with Crippen molar-refractivity contribution in [2.24, 2.45) is 0 Å². The zero-order valence-corrected chi connectivity index (χ0v) is 42.1. The summed E-state index contributed by atoms with van der Waals surface area (Å²) in [5, 5.41) is 11.8. The van der Waals surface area contributed by atoms with E-state index in [-0.39, 0.29) is 10.8 Å². The maximum absolute atomic E-state index is 7.18. The van der Waals surface area contributed by atoms with Crippen LogP contribution in [0.2, 0.25) is 0 Å². The third-order valence-corrected chi connectivity index (χ3v) is 16.0. The maximum atomic E-state index is 7.18. The minimum atomic E-state index is -0.0482. The van der Waals surface area contributed by atoms with Crippen LogP contribution in [0.1, 0.15) is 87.8 Å². The number of furan rings is 2. The molecule has 0 aliphatic rings. The lowest BCUT2D eigenvalue weighted by Crippen LogP contribution is -2.15. The summed E-state index contributed by atoms with van der Waals surface area (Å²) in [5.41, 5.74) is 17.4. The molecule has 0 bridgehead atoms. The van der Waals surface area contributed by atoms with Crippen LogP contribution < -0.4 is 9.80 Å². The quantitative estimate of drug-likeness (QED) is 0.128. The third-order valence-electron chi connectivity index (χ3n) is 16.0. The van der Waals surface area contributed by atoms with Gasteiger partial charge in [-0.2, -0.15) is 0 Å². The Labute approximate surface area is 411 Å². The zero-order chi connectivity index (χ0) is 48.4. The smallest absolute Gasteiger partial charge is 0.159 e. The van der Waals surface area contributed by atoms with Crippen molar-refractivity contribution in [3.05, 3.63) is 191 Å². The molecule has 12 rings (SSSR count). The Bertz CT molecular complexity index is 3790. The van der Waals surface area contributed by atoms with Crippen LogP contribution in [0, 0.1) is 27.7 Å². The molecule has 0 spiro atoms. The second-order valence-electron chi connectivity index (χ2n) is 21.2. The van der Waals surface area contributed by atoms with E-state index < -0.39 is 0 Å². The zero-order valence-electron chi connectivity index (χ0n) is 42.1. The lowest BCUT2D eigenvalue weighted by Gasteiger charge is -2.30. The number of hydrogen-bond donors (Lipinski definition) is 0. The minimum absolute atomic E-state index is 0.0482. The van der Waals surface area contributed by atoms with Crippen LogP contribution >= 0.6 is 0 Å². The fourth-order valence-electron chi connectivity index (χ4n) is 11.5. The van der Waals surface area contributed by atoms with Gasteiger partial charge in [0, 0.05) is 54.8 Å². The predicted octanol–water partition coefficient (Wildman–Crippen LogP) is 19.9. The molecule has 0 fully saturated rings. The molecule has 12 aromatic rings. The molecule has 0 radical (unpaired) electrons. The number of rotatable bonds is 10.